The van der Waals surface area contributed by atoms with Crippen molar-refractivity contribution >= 4 is 22.6 Å². The van der Waals surface area contributed by atoms with Gasteiger partial charge in [-0.3, -0.25) is 14.3 Å². The standard InChI is InChI=1S/C27H26N6O/c1-20-28-24-17-21(10-11-25(24)33(20)23-7-3-2-4-8-23)27(34)31-15-13-30(14-16-31)18-22-19-32-12-6-5-9-26(32)29-22/h2-12,17,19H,13-16,18H2,1H3. The van der Waals surface area contributed by atoms with Crippen LogP contribution in [-0.4, -0.2) is 60.8 Å². The predicted molar refractivity (Wildman–Crippen MR) is 132 cm³/mol. The van der Waals surface area contributed by atoms with Crippen LogP contribution in [0.2, 0.25) is 0 Å². The van der Waals surface area contributed by atoms with Gasteiger partial charge in [0.05, 0.1) is 16.7 Å². The number of para-hydroxylation sites is 1. The van der Waals surface area contributed by atoms with E-state index >= 15 is 0 Å². The molecule has 0 atom stereocenters. The van der Waals surface area contributed by atoms with E-state index < -0.39 is 0 Å². The summed E-state index contributed by atoms with van der Waals surface area (Å²) in [5, 5.41) is 0. The van der Waals surface area contributed by atoms with Crippen molar-refractivity contribution in [2.24, 2.45) is 0 Å². The zero-order chi connectivity index (χ0) is 23.1. The van der Waals surface area contributed by atoms with Crippen LogP contribution in [0.5, 0.6) is 0 Å². The molecule has 1 aliphatic rings. The molecule has 4 heterocycles. The van der Waals surface area contributed by atoms with Gasteiger partial charge >= 0.3 is 0 Å². The van der Waals surface area contributed by atoms with Gasteiger partial charge < -0.3 is 9.30 Å². The van der Waals surface area contributed by atoms with Crippen LogP contribution in [0.4, 0.5) is 0 Å². The predicted octanol–water partition coefficient (Wildman–Crippen LogP) is 3.94. The van der Waals surface area contributed by atoms with Gasteiger partial charge in [0.2, 0.25) is 0 Å². The molecule has 0 N–H and O–H groups in total. The van der Waals surface area contributed by atoms with Crippen LogP contribution >= 0.6 is 0 Å². The van der Waals surface area contributed by atoms with Gasteiger partial charge in [0.25, 0.3) is 5.91 Å². The number of nitrogens with zero attached hydrogens (tertiary/aromatic N) is 6. The Morgan fingerprint density at radius 1 is 0.912 bits per heavy atom. The second-order valence-electron chi connectivity index (χ2n) is 8.80. The first-order chi connectivity index (χ1) is 16.7. The molecule has 0 spiro atoms. The van der Waals surface area contributed by atoms with E-state index in [1.54, 1.807) is 0 Å². The Hall–Kier alpha value is -3.97. The van der Waals surface area contributed by atoms with Crippen molar-refractivity contribution in [3.63, 3.8) is 0 Å². The number of aryl methyl sites for hydroxylation is 1. The highest BCUT2D eigenvalue weighted by molar-refractivity contribution is 5.97. The Morgan fingerprint density at radius 2 is 1.71 bits per heavy atom. The van der Waals surface area contributed by atoms with Gasteiger partial charge in [-0.1, -0.05) is 24.3 Å². The molecule has 0 unspecified atom stereocenters. The zero-order valence-corrected chi connectivity index (χ0v) is 19.1. The number of fused-ring (bicyclic) bond motifs is 2. The third kappa shape index (κ3) is 3.74. The number of benzene rings is 2. The number of carbonyl (C=O) groups is 1. The Bertz CT molecular complexity index is 1440. The molecule has 2 aromatic carbocycles. The minimum atomic E-state index is 0.0706. The van der Waals surface area contributed by atoms with Crippen molar-refractivity contribution in [2.75, 3.05) is 26.2 Å². The first-order valence-corrected chi connectivity index (χ1v) is 11.6. The SMILES string of the molecule is Cc1nc2cc(C(=O)N3CCN(Cc4cn5ccccc5n4)CC3)ccc2n1-c1ccccc1. The molecule has 7 heteroatoms. The number of amides is 1. The lowest BCUT2D eigenvalue weighted by atomic mass is 10.1. The molecular formula is C27H26N6O. The lowest BCUT2D eigenvalue weighted by Gasteiger charge is -2.34. The van der Waals surface area contributed by atoms with E-state index in [-0.39, 0.29) is 5.91 Å². The van der Waals surface area contributed by atoms with Crippen molar-refractivity contribution in [3.8, 4) is 5.69 Å². The molecule has 34 heavy (non-hydrogen) atoms. The minimum absolute atomic E-state index is 0.0706. The molecule has 0 saturated carbocycles. The molecule has 0 bridgehead atoms. The molecule has 6 rings (SSSR count). The number of imidazole rings is 2. The fourth-order valence-electron chi connectivity index (χ4n) is 4.82. The molecule has 1 fully saturated rings. The van der Waals surface area contributed by atoms with Gasteiger partial charge in [-0.2, -0.15) is 0 Å². The van der Waals surface area contributed by atoms with Crippen molar-refractivity contribution in [1.82, 2.24) is 28.7 Å². The molecule has 1 amide bonds. The zero-order valence-electron chi connectivity index (χ0n) is 19.1. The van der Waals surface area contributed by atoms with Gasteiger partial charge in [0.1, 0.15) is 11.5 Å². The fraction of sp³-hybridized carbons (Fsp3) is 0.222. The second kappa shape index (κ2) is 8.43. The number of piperazine rings is 1. The summed E-state index contributed by atoms with van der Waals surface area (Å²) in [7, 11) is 0. The number of hydrogen-bond donors (Lipinski definition) is 0. The van der Waals surface area contributed by atoms with Crippen LogP contribution in [0.15, 0.2) is 79.1 Å². The highest BCUT2D eigenvalue weighted by atomic mass is 16.2. The van der Waals surface area contributed by atoms with Gasteiger partial charge in [-0.25, -0.2) is 9.97 Å². The van der Waals surface area contributed by atoms with Crippen LogP contribution in [0.25, 0.3) is 22.4 Å². The maximum Gasteiger partial charge on any atom is 0.254 e. The fourth-order valence-corrected chi connectivity index (χ4v) is 4.82. The Kier molecular flexibility index (Phi) is 5.11. The Labute approximate surface area is 197 Å². The third-order valence-corrected chi connectivity index (χ3v) is 6.54. The Balaban J connectivity index is 1.15. The quantitative estimate of drug-likeness (QED) is 0.416. The molecule has 0 radical (unpaired) electrons. The molecule has 7 nitrogen and oxygen atoms in total. The van der Waals surface area contributed by atoms with Crippen molar-refractivity contribution in [1.29, 1.82) is 0 Å². The van der Waals surface area contributed by atoms with Crippen LogP contribution in [0.1, 0.15) is 21.9 Å². The molecule has 1 saturated heterocycles. The summed E-state index contributed by atoms with van der Waals surface area (Å²) in [6.45, 7) is 5.89. The van der Waals surface area contributed by atoms with E-state index in [1.807, 2.05) is 77.0 Å². The topological polar surface area (TPSA) is 58.7 Å². The second-order valence-corrected chi connectivity index (χ2v) is 8.80. The van der Waals surface area contributed by atoms with E-state index in [0.717, 1.165) is 53.5 Å². The van der Waals surface area contributed by atoms with E-state index in [4.69, 9.17) is 9.97 Å². The normalized spacial score (nSPS) is 14.8. The van der Waals surface area contributed by atoms with Crippen molar-refractivity contribution in [3.05, 3.63) is 96.2 Å². The average Bonchev–Trinajstić information content (AvgIpc) is 3.43. The summed E-state index contributed by atoms with van der Waals surface area (Å²) in [6.07, 6.45) is 4.10. The van der Waals surface area contributed by atoms with E-state index in [0.29, 0.717) is 18.7 Å². The molecular weight excluding hydrogens is 424 g/mol. The highest BCUT2D eigenvalue weighted by Crippen LogP contribution is 2.23. The molecule has 0 aliphatic carbocycles. The number of aromatic nitrogens is 4. The maximum atomic E-state index is 13.2. The van der Waals surface area contributed by atoms with Gasteiger partial charge in [-0.15, -0.1) is 0 Å². The smallest absolute Gasteiger partial charge is 0.254 e. The molecule has 5 aromatic rings. The van der Waals surface area contributed by atoms with E-state index in [1.165, 1.54) is 0 Å². The number of rotatable bonds is 4. The summed E-state index contributed by atoms with van der Waals surface area (Å²) in [6, 6.07) is 22.1. The van der Waals surface area contributed by atoms with Crippen LogP contribution in [0, 0.1) is 6.92 Å². The van der Waals surface area contributed by atoms with Gasteiger partial charge in [-0.05, 0) is 49.4 Å². The number of hydrogen-bond acceptors (Lipinski definition) is 4. The van der Waals surface area contributed by atoms with Crippen LogP contribution in [-0.2, 0) is 6.54 Å². The highest BCUT2D eigenvalue weighted by Gasteiger charge is 2.23. The largest absolute Gasteiger partial charge is 0.336 e. The number of pyridine rings is 1. The summed E-state index contributed by atoms with van der Waals surface area (Å²) >= 11 is 0. The van der Waals surface area contributed by atoms with Crippen LogP contribution in [0.3, 0.4) is 0 Å². The number of carbonyl (C=O) groups excluding carboxylic acids is 1. The molecule has 170 valence electrons. The van der Waals surface area contributed by atoms with Gasteiger partial charge in [0.15, 0.2) is 0 Å². The summed E-state index contributed by atoms with van der Waals surface area (Å²) in [4.78, 5) is 27.0. The van der Waals surface area contributed by atoms with Crippen molar-refractivity contribution < 1.29 is 4.79 Å². The van der Waals surface area contributed by atoms with Gasteiger partial charge in [0, 0.05) is 56.4 Å². The first kappa shape index (κ1) is 20.6. The minimum Gasteiger partial charge on any atom is -0.336 e. The van der Waals surface area contributed by atoms with E-state index in [9.17, 15) is 4.79 Å². The Morgan fingerprint density at radius 3 is 2.50 bits per heavy atom. The lowest BCUT2D eigenvalue weighted by Crippen LogP contribution is -2.48. The first-order valence-electron chi connectivity index (χ1n) is 11.6. The average molecular weight is 451 g/mol. The maximum absolute atomic E-state index is 13.2. The molecule has 3 aromatic heterocycles. The monoisotopic (exact) mass is 450 g/mol. The lowest BCUT2D eigenvalue weighted by molar-refractivity contribution is 0.0627. The molecule has 1 aliphatic heterocycles. The third-order valence-electron chi connectivity index (χ3n) is 6.54. The summed E-state index contributed by atoms with van der Waals surface area (Å²) in [5.41, 5.74) is 5.64. The van der Waals surface area contributed by atoms with Crippen LogP contribution < -0.4 is 0 Å². The van der Waals surface area contributed by atoms with E-state index in [2.05, 4.69) is 27.8 Å². The summed E-state index contributed by atoms with van der Waals surface area (Å²) < 4.78 is 4.17. The van der Waals surface area contributed by atoms with Crippen molar-refractivity contribution in [2.45, 2.75) is 13.5 Å². The summed E-state index contributed by atoms with van der Waals surface area (Å²) in [5.74, 6) is 0.979.